The van der Waals surface area contributed by atoms with E-state index in [4.69, 9.17) is 16.3 Å². The number of hydrogen-bond donors (Lipinski definition) is 2. The predicted molar refractivity (Wildman–Crippen MR) is 104 cm³/mol. The summed E-state index contributed by atoms with van der Waals surface area (Å²) in [5, 5.41) is 3.52. The van der Waals surface area contributed by atoms with Gasteiger partial charge in [0.05, 0.1) is 0 Å². The number of allylic oxidation sites excluding steroid dienone is 2. The summed E-state index contributed by atoms with van der Waals surface area (Å²) in [5.41, 5.74) is 0.693. The van der Waals surface area contributed by atoms with E-state index in [1.54, 1.807) is 6.07 Å². The van der Waals surface area contributed by atoms with Crippen molar-refractivity contribution in [2.24, 2.45) is 17.8 Å². The lowest BCUT2D eigenvalue weighted by Gasteiger charge is -2.18. The number of halogens is 1. The van der Waals surface area contributed by atoms with E-state index in [1.807, 2.05) is 18.2 Å². The van der Waals surface area contributed by atoms with E-state index >= 15 is 0 Å². The maximum absolute atomic E-state index is 12.3. The van der Waals surface area contributed by atoms with E-state index in [0.717, 1.165) is 12.0 Å². The number of H-pyrrole nitrogens is 1. The molecule has 1 aromatic heterocycles. The second kappa shape index (κ2) is 7.61. The van der Waals surface area contributed by atoms with Gasteiger partial charge in [-0.05, 0) is 36.7 Å². The van der Waals surface area contributed by atoms with Gasteiger partial charge in [0.1, 0.15) is 12.3 Å². The molecular formula is C21H21ClN2O3. The summed E-state index contributed by atoms with van der Waals surface area (Å²) in [6, 6.07) is 8.57. The molecule has 1 fully saturated rings. The monoisotopic (exact) mass is 384 g/mol. The maximum Gasteiger partial charge on any atom is 0.267 e. The molecule has 1 aromatic carbocycles. The Kier molecular flexibility index (Phi) is 5.03. The molecule has 2 aliphatic carbocycles. The lowest BCUT2D eigenvalue weighted by atomic mass is 9.93. The summed E-state index contributed by atoms with van der Waals surface area (Å²) in [7, 11) is 0. The van der Waals surface area contributed by atoms with Gasteiger partial charge >= 0.3 is 0 Å². The molecule has 2 aliphatic rings. The fourth-order valence-electron chi connectivity index (χ4n) is 3.92. The molecule has 0 unspecified atom stereocenters. The van der Waals surface area contributed by atoms with Crippen LogP contribution < -0.4 is 15.5 Å². The quantitative estimate of drug-likeness (QED) is 0.748. The minimum atomic E-state index is -0.339. The highest BCUT2D eigenvalue weighted by Crippen LogP contribution is 2.42. The Morgan fingerprint density at radius 2 is 2.11 bits per heavy atom. The summed E-state index contributed by atoms with van der Waals surface area (Å²) in [4.78, 5) is 27.4. The van der Waals surface area contributed by atoms with Crippen molar-refractivity contribution in [1.82, 2.24) is 10.3 Å². The van der Waals surface area contributed by atoms with Gasteiger partial charge in [-0.15, -0.1) is 0 Å². The van der Waals surface area contributed by atoms with Gasteiger partial charge in [-0.3, -0.25) is 9.59 Å². The zero-order chi connectivity index (χ0) is 18.8. The van der Waals surface area contributed by atoms with Crippen molar-refractivity contribution in [3.63, 3.8) is 0 Å². The number of benzene rings is 1. The van der Waals surface area contributed by atoms with E-state index < -0.39 is 0 Å². The van der Waals surface area contributed by atoms with E-state index in [2.05, 4.69) is 22.5 Å². The molecule has 27 heavy (non-hydrogen) atoms. The molecule has 6 heteroatoms. The smallest absolute Gasteiger partial charge is 0.267 e. The maximum atomic E-state index is 12.3. The highest BCUT2D eigenvalue weighted by Gasteiger charge is 2.35. The SMILES string of the molecule is O=C(NC[C@@H]1C[C@H]2C=C[C@H]1C2)c1cc(=O)c(OCc2ccccc2Cl)c[nH]1. The number of amides is 1. The Morgan fingerprint density at radius 1 is 1.26 bits per heavy atom. The van der Waals surface area contributed by atoms with E-state index in [0.29, 0.717) is 29.3 Å². The standard InChI is InChI=1S/C21H21ClN2O3/c22-17-4-2-1-3-15(17)12-27-20-11-23-18(9-19(20)25)21(26)24-10-16-8-13-5-6-14(16)7-13/h1-6,9,11,13-14,16H,7-8,10,12H2,(H,23,25)(H,24,26)/t13-,14-,16-/m0/s1. The van der Waals surface area contributed by atoms with Gasteiger partial charge in [0.2, 0.25) is 5.43 Å². The number of fused-ring (bicyclic) bond motifs is 2. The van der Waals surface area contributed by atoms with Crippen molar-refractivity contribution < 1.29 is 9.53 Å². The van der Waals surface area contributed by atoms with E-state index in [1.165, 1.54) is 18.7 Å². The Bertz CT molecular complexity index is 937. The zero-order valence-corrected chi connectivity index (χ0v) is 15.5. The van der Waals surface area contributed by atoms with Crippen molar-refractivity contribution in [2.45, 2.75) is 19.4 Å². The number of carbonyl (C=O) groups is 1. The third kappa shape index (κ3) is 3.93. The molecule has 0 saturated heterocycles. The van der Waals surface area contributed by atoms with Gasteiger partial charge in [0.15, 0.2) is 5.75 Å². The number of aromatic nitrogens is 1. The number of rotatable bonds is 6. The summed E-state index contributed by atoms with van der Waals surface area (Å²) in [6.45, 7) is 0.823. The van der Waals surface area contributed by atoms with Crippen LogP contribution in [0.5, 0.6) is 5.75 Å². The first-order valence-corrected chi connectivity index (χ1v) is 9.53. The van der Waals surface area contributed by atoms with E-state index in [9.17, 15) is 9.59 Å². The van der Waals surface area contributed by atoms with Crippen LogP contribution in [0.3, 0.4) is 0 Å². The summed E-state index contributed by atoms with van der Waals surface area (Å²) >= 11 is 6.09. The summed E-state index contributed by atoms with van der Waals surface area (Å²) < 4.78 is 5.55. The van der Waals surface area contributed by atoms with Gasteiger partial charge in [0.25, 0.3) is 5.91 Å². The zero-order valence-electron chi connectivity index (χ0n) is 14.8. The molecular weight excluding hydrogens is 364 g/mol. The lowest BCUT2D eigenvalue weighted by Crippen LogP contribution is -2.32. The van der Waals surface area contributed by atoms with Crippen molar-refractivity contribution in [2.75, 3.05) is 6.54 Å². The van der Waals surface area contributed by atoms with Crippen LogP contribution in [0.2, 0.25) is 5.02 Å². The molecule has 2 aromatic rings. The molecule has 1 amide bonds. The molecule has 3 atom stereocenters. The van der Waals surface area contributed by atoms with Gasteiger partial charge in [-0.1, -0.05) is 42.0 Å². The van der Waals surface area contributed by atoms with Gasteiger partial charge in [-0.25, -0.2) is 0 Å². The largest absolute Gasteiger partial charge is 0.483 e. The van der Waals surface area contributed by atoms with Crippen LogP contribution in [-0.2, 0) is 6.61 Å². The minimum Gasteiger partial charge on any atom is -0.483 e. The molecule has 0 spiro atoms. The summed E-state index contributed by atoms with van der Waals surface area (Å²) in [6.07, 6.45) is 8.30. The van der Waals surface area contributed by atoms with Crippen LogP contribution in [0.15, 0.2) is 53.5 Å². The molecule has 0 radical (unpaired) electrons. The first-order valence-electron chi connectivity index (χ1n) is 9.15. The van der Waals surface area contributed by atoms with Crippen molar-refractivity contribution >= 4 is 17.5 Å². The Hall–Kier alpha value is -2.53. The Balaban J connectivity index is 1.35. The number of aromatic amines is 1. The first kappa shape index (κ1) is 17.9. The van der Waals surface area contributed by atoms with Gasteiger partial charge < -0.3 is 15.0 Å². The number of pyridine rings is 1. The fourth-order valence-corrected chi connectivity index (χ4v) is 4.11. The van der Waals surface area contributed by atoms with E-state index in [-0.39, 0.29) is 29.4 Å². The second-order valence-corrected chi connectivity index (χ2v) is 7.61. The Morgan fingerprint density at radius 3 is 2.81 bits per heavy atom. The molecule has 1 heterocycles. The van der Waals surface area contributed by atoms with Crippen LogP contribution in [0.1, 0.15) is 28.9 Å². The summed E-state index contributed by atoms with van der Waals surface area (Å²) in [5.74, 6) is 1.64. The second-order valence-electron chi connectivity index (χ2n) is 7.21. The minimum absolute atomic E-state index is 0.157. The number of carbonyl (C=O) groups excluding carboxylic acids is 1. The molecule has 1 saturated carbocycles. The van der Waals surface area contributed by atoms with Crippen LogP contribution in [0.4, 0.5) is 0 Å². The van der Waals surface area contributed by atoms with Gasteiger partial charge in [0, 0.05) is 29.4 Å². The molecule has 2 bridgehead atoms. The fraction of sp³-hybridized carbons (Fsp3) is 0.333. The van der Waals surface area contributed by atoms with Crippen molar-refractivity contribution in [1.29, 1.82) is 0 Å². The normalized spacial score (nSPS) is 22.8. The molecule has 4 rings (SSSR count). The number of ether oxygens (including phenoxy) is 1. The highest BCUT2D eigenvalue weighted by atomic mass is 35.5. The highest BCUT2D eigenvalue weighted by molar-refractivity contribution is 6.31. The first-order chi connectivity index (χ1) is 13.1. The van der Waals surface area contributed by atoms with Crippen molar-refractivity contribution in [3.8, 4) is 5.75 Å². The molecule has 2 N–H and O–H groups in total. The third-order valence-electron chi connectivity index (χ3n) is 5.40. The number of nitrogens with one attached hydrogen (secondary N) is 2. The predicted octanol–water partition coefficient (Wildman–Crippen LogP) is 3.55. The van der Waals surface area contributed by atoms with Crippen LogP contribution in [-0.4, -0.2) is 17.4 Å². The van der Waals surface area contributed by atoms with Crippen LogP contribution in [0, 0.1) is 17.8 Å². The number of hydrogen-bond acceptors (Lipinski definition) is 3. The van der Waals surface area contributed by atoms with Gasteiger partial charge in [-0.2, -0.15) is 0 Å². The average Bonchev–Trinajstić information content (AvgIpc) is 3.29. The lowest BCUT2D eigenvalue weighted by molar-refractivity contribution is 0.0940. The van der Waals surface area contributed by atoms with Crippen LogP contribution in [0.25, 0.3) is 0 Å². The van der Waals surface area contributed by atoms with Crippen LogP contribution >= 0.6 is 11.6 Å². The molecule has 5 nitrogen and oxygen atoms in total. The van der Waals surface area contributed by atoms with Crippen molar-refractivity contribution in [3.05, 3.63) is 75.2 Å². The third-order valence-corrected chi connectivity index (χ3v) is 5.77. The molecule has 0 aliphatic heterocycles. The average molecular weight is 385 g/mol. The molecule has 140 valence electrons. The topological polar surface area (TPSA) is 71.2 Å². The Labute approximate surface area is 162 Å².